The molecule has 0 aliphatic carbocycles. The first-order valence-corrected chi connectivity index (χ1v) is 7.00. The molecule has 2 heterocycles. The summed E-state index contributed by atoms with van der Waals surface area (Å²) in [6.07, 6.45) is 2.92. The molecule has 0 radical (unpaired) electrons. The molecule has 4 nitrogen and oxygen atoms in total. The van der Waals surface area contributed by atoms with Crippen molar-refractivity contribution in [3.8, 4) is 0 Å². The van der Waals surface area contributed by atoms with Gasteiger partial charge in [0, 0.05) is 31.4 Å². The first-order valence-electron chi connectivity index (χ1n) is 7.00. The van der Waals surface area contributed by atoms with Gasteiger partial charge >= 0.3 is 0 Å². The van der Waals surface area contributed by atoms with Gasteiger partial charge in [0.05, 0.1) is 0 Å². The van der Waals surface area contributed by atoms with Gasteiger partial charge in [0.15, 0.2) is 0 Å². The first-order chi connectivity index (χ1) is 9.25. The van der Waals surface area contributed by atoms with Crippen molar-refractivity contribution in [2.45, 2.75) is 25.3 Å². The third-order valence-corrected chi connectivity index (χ3v) is 4.22. The van der Waals surface area contributed by atoms with Gasteiger partial charge in [-0.1, -0.05) is 12.1 Å². The molecule has 0 spiro atoms. The SMILES string of the molecule is NC(c1ccc2c(c1)C(=O)NCC2)C1CCOCC1. The Labute approximate surface area is 113 Å². The number of hydrogen-bond acceptors (Lipinski definition) is 3. The molecule has 19 heavy (non-hydrogen) atoms. The highest BCUT2D eigenvalue weighted by Gasteiger charge is 2.24. The highest BCUT2D eigenvalue weighted by Crippen LogP contribution is 2.29. The molecule has 1 saturated heterocycles. The van der Waals surface area contributed by atoms with Gasteiger partial charge < -0.3 is 15.8 Å². The summed E-state index contributed by atoms with van der Waals surface area (Å²) in [6.45, 7) is 2.32. The van der Waals surface area contributed by atoms with Crippen LogP contribution in [0.25, 0.3) is 0 Å². The van der Waals surface area contributed by atoms with E-state index in [4.69, 9.17) is 10.5 Å². The van der Waals surface area contributed by atoms with E-state index >= 15 is 0 Å². The number of nitrogens with one attached hydrogen (secondary N) is 1. The Bertz CT molecular complexity index is 481. The Kier molecular flexibility index (Phi) is 3.53. The number of nitrogens with two attached hydrogens (primary N) is 1. The highest BCUT2D eigenvalue weighted by molar-refractivity contribution is 5.96. The summed E-state index contributed by atoms with van der Waals surface area (Å²) in [6, 6.07) is 6.12. The molecular weight excluding hydrogens is 240 g/mol. The molecule has 1 atom stereocenters. The van der Waals surface area contributed by atoms with E-state index in [2.05, 4.69) is 17.4 Å². The molecule has 4 heteroatoms. The predicted molar refractivity (Wildman–Crippen MR) is 73.0 cm³/mol. The van der Waals surface area contributed by atoms with Gasteiger partial charge in [-0.25, -0.2) is 0 Å². The van der Waals surface area contributed by atoms with Crippen molar-refractivity contribution < 1.29 is 9.53 Å². The Morgan fingerprint density at radius 2 is 2.11 bits per heavy atom. The fourth-order valence-corrected chi connectivity index (χ4v) is 2.98. The largest absolute Gasteiger partial charge is 0.381 e. The summed E-state index contributed by atoms with van der Waals surface area (Å²) in [7, 11) is 0. The molecule has 0 saturated carbocycles. The van der Waals surface area contributed by atoms with E-state index in [1.807, 2.05) is 6.07 Å². The molecule has 1 fully saturated rings. The van der Waals surface area contributed by atoms with Gasteiger partial charge in [-0.2, -0.15) is 0 Å². The lowest BCUT2D eigenvalue weighted by molar-refractivity contribution is 0.0583. The van der Waals surface area contributed by atoms with E-state index in [9.17, 15) is 4.79 Å². The normalized spacial score (nSPS) is 21.6. The molecule has 2 aliphatic rings. The molecule has 1 unspecified atom stereocenters. The van der Waals surface area contributed by atoms with Crippen molar-refractivity contribution in [2.75, 3.05) is 19.8 Å². The third-order valence-electron chi connectivity index (χ3n) is 4.22. The Morgan fingerprint density at radius 3 is 2.89 bits per heavy atom. The van der Waals surface area contributed by atoms with Gasteiger partial charge in [-0.3, -0.25) is 4.79 Å². The number of ether oxygens (including phenoxy) is 1. The van der Waals surface area contributed by atoms with Gasteiger partial charge in [0.1, 0.15) is 0 Å². The minimum Gasteiger partial charge on any atom is -0.381 e. The van der Waals surface area contributed by atoms with Crippen LogP contribution in [0.4, 0.5) is 0 Å². The van der Waals surface area contributed by atoms with Crippen molar-refractivity contribution in [3.63, 3.8) is 0 Å². The quantitative estimate of drug-likeness (QED) is 0.844. The number of carbonyl (C=O) groups excluding carboxylic acids is 1. The van der Waals surface area contributed by atoms with Crippen molar-refractivity contribution in [1.82, 2.24) is 5.32 Å². The number of benzene rings is 1. The van der Waals surface area contributed by atoms with Crippen LogP contribution in [0.3, 0.4) is 0 Å². The van der Waals surface area contributed by atoms with E-state index < -0.39 is 0 Å². The summed E-state index contributed by atoms with van der Waals surface area (Å²) in [5, 5.41) is 2.88. The van der Waals surface area contributed by atoms with Crippen LogP contribution in [0.1, 0.15) is 40.4 Å². The number of hydrogen-bond donors (Lipinski definition) is 2. The fraction of sp³-hybridized carbons (Fsp3) is 0.533. The maximum absolute atomic E-state index is 11.9. The first kappa shape index (κ1) is 12.6. The second kappa shape index (κ2) is 5.31. The van der Waals surface area contributed by atoms with Crippen LogP contribution in [-0.4, -0.2) is 25.7 Å². The van der Waals surface area contributed by atoms with Gasteiger partial charge in [-0.15, -0.1) is 0 Å². The molecule has 1 aromatic carbocycles. The Morgan fingerprint density at radius 1 is 1.32 bits per heavy atom. The minimum atomic E-state index is 0.00364. The van der Waals surface area contributed by atoms with Crippen LogP contribution >= 0.6 is 0 Å². The monoisotopic (exact) mass is 260 g/mol. The van der Waals surface area contributed by atoms with Crippen LogP contribution in [-0.2, 0) is 11.2 Å². The van der Waals surface area contributed by atoms with E-state index in [0.29, 0.717) is 5.92 Å². The van der Waals surface area contributed by atoms with Crippen LogP contribution in [0, 0.1) is 5.92 Å². The molecule has 0 bridgehead atoms. The topological polar surface area (TPSA) is 64.4 Å². The molecule has 2 aliphatic heterocycles. The molecule has 3 rings (SSSR count). The van der Waals surface area contributed by atoms with Crippen LogP contribution in [0.2, 0.25) is 0 Å². The summed E-state index contributed by atoms with van der Waals surface area (Å²) in [5.74, 6) is 0.487. The summed E-state index contributed by atoms with van der Waals surface area (Å²) >= 11 is 0. The smallest absolute Gasteiger partial charge is 0.251 e. The number of carbonyl (C=O) groups is 1. The number of amides is 1. The maximum Gasteiger partial charge on any atom is 0.251 e. The Hall–Kier alpha value is -1.39. The number of rotatable bonds is 2. The lowest BCUT2D eigenvalue weighted by Gasteiger charge is -2.28. The zero-order valence-corrected chi connectivity index (χ0v) is 11.0. The van der Waals surface area contributed by atoms with Crippen LogP contribution in [0.5, 0.6) is 0 Å². The van der Waals surface area contributed by atoms with Gasteiger partial charge in [0.2, 0.25) is 0 Å². The fourth-order valence-electron chi connectivity index (χ4n) is 2.98. The molecule has 102 valence electrons. The van der Waals surface area contributed by atoms with E-state index in [1.165, 1.54) is 0 Å². The van der Waals surface area contributed by atoms with E-state index in [1.54, 1.807) is 0 Å². The maximum atomic E-state index is 11.9. The second-order valence-electron chi connectivity index (χ2n) is 5.40. The van der Waals surface area contributed by atoms with E-state index in [0.717, 1.165) is 55.7 Å². The Balaban J connectivity index is 1.84. The van der Waals surface area contributed by atoms with Gasteiger partial charge in [0.25, 0.3) is 5.91 Å². The lowest BCUT2D eigenvalue weighted by Crippen LogP contribution is -2.32. The van der Waals surface area contributed by atoms with Gasteiger partial charge in [-0.05, 0) is 42.4 Å². The lowest BCUT2D eigenvalue weighted by atomic mass is 9.86. The average Bonchev–Trinajstić information content (AvgIpc) is 2.47. The molecule has 1 aromatic rings. The zero-order chi connectivity index (χ0) is 13.2. The van der Waals surface area contributed by atoms with Crippen LogP contribution in [0.15, 0.2) is 18.2 Å². The summed E-state index contributed by atoms with van der Waals surface area (Å²) < 4.78 is 5.37. The zero-order valence-electron chi connectivity index (χ0n) is 11.0. The molecule has 1 amide bonds. The third kappa shape index (κ3) is 2.51. The number of fused-ring (bicyclic) bond motifs is 1. The predicted octanol–water partition coefficient (Wildman–Crippen LogP) is 1.40. The molecule has 3 N–H and O–H groups in total. The highest BCUT2D eigenvalue weighted by atomic mass is 16.5. The molecular formula is C15H20N2O2. The standard InChI is InChI=1S/C15H20N2O2/c16-14(11-4-7-19-8-5-11)12-2-1-10-3-6-17-15(18)13(10)9-12/h1-2,9,11,14H,3-8,16H2,(H,17,18). The summed E-state index contributed by atoms with van der Waals surface area (Å²) in [4.78, 5) is 11.9. The van der Waals surface area contributed by atoms with Crippen molar-refractivity contribution in [3.05, 3.63) is 34.9 Å². The van der Waals surface area contributed by atoms with E-state index in [-0.39, 0.29) is 11.9 Å². The second-order valence-corrected chi connectivity index (χ2v) is 5.40. The minimum absolute atomic E-state index is 0.00364. The summed E-state index contributed by atoms with van der Waals surface area (Å²) in [5.41, 5.74) is 9.36. The average molecular weight is 260 g/mol. The van der Waals surface area contributed by atoms with Crippen molar-refractivity contribution in [2.24, 2.45) is 11.7 Å². The van der Waals surface area contributed by atoms with Crippen LogP contribution < -0.4 is 11.1 Å². The molecule has 0 aromatic heterocycles. The van der Waals surface area contributed by atoms with Crippen molar-refractivity contribution >= 4 is 5.91 Å². The van der Waals surface area contributed by atoms with Crippen molar-refractivity contribution in [1.29, 1.82) is 0 Å².